The number of pyridine rings is 1. The van der Waals surface area contributed by atoms with Gasteiger partial charge in [0.15, 0.2) is 11.5 Å². The summed E-state index contributed by atoms with van der Waals surface area (Å²) in [6.07, 6.45) is 2.40. The molecule has 4 aromatic rings. The number of methoxy groups -OCH3 is 1. The number of likely N-dealkylation sites (N-methyl/N-ethyl adjacent to an activating group) is 1. The normalized spacial score (nSPS) is 13.9. The number of para-hydroxylation sites is 1. The predicted octanol–water partition coefficient (Wildman–Crippen LogP) is 4.28. The molecule has 1 saturated heterocycles. The van der Waals surface area contributed by atoms with Gasteiger partial charge in [-0.05, 0) is 32.0 Å². The quantitative estimate of drug-likeness (QED) is 0.336. The van der Waals surface area contributed by atoms with Crippen molar-refractivity contribution >= 4 is 44.0 Å². The first kappa shape index (κ1) is 24.2. The summed E-state index contributed by atoms with van der Waals surface area (Å²) in [4.78, 5) is 44.8. The number of likely N-dealkylation sites (tertiary alicyclic amines) is 1. The molecule has 1 aliphatic rings. The number of ether oxygens (including phenoxy) is 1. The first-order valence-corrected chi connectivity index (χ1v) is 13.0. The molecule has 0 saturated carbocycles. The molecule has 0 unspecified atom stereocenters. The summed E-state index contributed by atoms with van der Waals surface area (Å²) >= 11 is 1.28. The van der Waals surface area contributed by atoms with Crippen LogP contribution >= 0.6 is 11.3 Å². The molecule has 7 nitrogen and oxygen atoms in total. The molecule has 36 heavy (non-hydrogen) atoms. The Balaban J connectivity index is 1.58. The number of hydrogen-bond donors (Lipinski definition) is 0. The summed E-state index contributed by atoms with van der Waals surface area (Å²) in [6.45, 7) is 3.47. The zero-order valence-electron chi connectivity index (χ0n) is 20.5. The lowest BCUT2D eigenvalue weighted by molar-refractivity contribution is 0.0784. The number of carbonyl (C=O) groups excluding carboxylic acids is 2. The van der Waals surface area contributed by atoms with Gasteiger partial charge in [-0.25, -0.2) is 0 Å². The fourth-order valence-corrected chi connectivity index (χ4v) is 6.16. The predicted molar refractivity (Wildman–Crippen MR) is 144 cm³/mol. The second-order valence-corrected chi connectivity index (χ2v) is 10.2. The van der Waals surface area contributed by atoms with Crippen molar-refractivity contribution in [3.05, 3.63) is 75.4 Å². The molecule has 2 aromatic heterocycles. The lowest BCUT2D eigenvalue weighted by Crippen LogP contribution is -2.35. The number of thiophene rings is 1. The molecule has 0 N–H and O–H groups in total. The van der Waals surface area contributed by atoms with Gasteiger partial charge >= 0.3 is 0 Å². The highest BCUT2D eigenvalue weighted by Crippen LogP contribution is 2.40. The Morgan fingerprint density at radius 1 is 1.03 bits per heavy atom. The zero-order valence-corrected chi connectivity index (χ0v) is 21.3. The third-order valence-electron chi connectivity index (χ3n) is 6.86. The van der Waals surface area contributed by atoms with Crippen LogP contribution in [0.2, 0.25) is 0 Å². The van der Waals surface area contributed by atoms with Gasteiger partial charge in [0.05, 0.1) is 23.9 Å². The van der Waals surface area contributed by atoms with Crippen LogP contribution in [0, 0.1) is 0 Å². The van der Waals surface area contributed by atoms with Crippen LogP contribution in [-0.4, -0.2) is 66.4 Å². The van der Waals surface area contributed by atoms with Crippen LogP contribution in [0.1, 0.15) is 32.9 Å². The van der Waals surface area contributed by atoms with Gasteiger partial charge in [-0.15, -0.1) is 11.3 Å². The molecule has 0 bridgehead atoms. The Morgan fingerprint density at radius 2 is 1.72 bits per heavy atom. The van der Waals surface area contributed by atoms with Crippen LogP contribution in [0.3, 0.4) is 0 Å². The molecular formula is C28H29N3O4S. The van der Waals surface area contributed by atoms with Crippen molar-refractivity contribution in [2.75, 3.05) is 40.3 Å². The molecule has 1 fully saturated rings. The monoisotopic (exact) mass is 503 g/mol. The number of nitrogens with zero attached hydrogens (tertiary/aromatic N) is 3. The maximum Gasteiger partial charge on any atom is 0.267 e. The number of benzene rings is 2. The van der Waals surface area contributed by atoms with Crippen LogP contribution in [-0.2, 0) is 6.54 Å². The van der Waals surface area contributed by atoms with Gasteiger partial charge in [0, 0.05) is 31.1 Å². The fourth-order valence-electron chi connectivity index (χ4n) is 4.87. The van der Waals surface area contributed by atoms with E-state index in [0.29, 0.717) is 32.6 Å². The largest absolute Gasteiger partial charge is 0.494 e. The molecule has 3 heterocycles. The van der Waals surface area contributed by atoms with Gasteiger partial charge in [-0.1, -0.05) is 48.5 Å². The molecule has 2 aromatic carbocycles. The Labute approximate surface area is 213 Å². The fraction of sp³-hybridized carbons (Fsp3) is 0.321. The second kappa shape index (κ2) is 10.2. The number of ketones is 1. The Bertz CT molecular complexity index is 1490. The third kappa shape index (κ3) is 4.42. The maximum atomic E-state index is 13.8. The Morgan fingerprint density at radius 3 is 2.44 bits per heavy atom. The smallest absolute Gasteiger partial charge is 0.267 e. The lowest BCUT2D eigenvalue weighted by Gasteiger charge is -2.21. The topological polar surface area (TPSA) is 71.8 Å². The summed E-state index contributed by atoms with van der Waals surface area (Å²) in [5, 5.41) is 1.16. The van der Waals surface area contributed by atoms with Gasteiger partial charge in [0.25, 0.3) is 11.5 Å². The van der Waals surface area contributed by atoms with Crippen molar-refractivity contribution < 1.29 is 14.3 Å². The highest BCUT2D eigenvalue weighted by Gasteiger charge is 2.27. The van der Waals surface area contributed by atoms with E-state index in [1.165, 1.54) is 35.9 Å². The minimum absolute atomic E-state index is 0.0999. The van der Waals surface area contributed by atoms with E-state index < -0.39 is 0 Å². The molecule has 1 amide bonds. The molecule has 0 aliphatic carbocycles. The number of hydrogen-bond acceptors (Lipinski definition) is 6. The molecule has 1 aliphatic heterocycles. The van der Waals surface area contributed by atoms with E-state index in [0.717, 1.165) is 25.0 Å². The van der Waals surface area contributed by atoms with Crippen molar-refractivity contribution in [2.24, 2.45) is 0 Å². The van der Waals surface area contributed by atoms with Crippen molar-refractivity contribution in [3.8, 4) is 5.75 Å². The number of aromatic nitrogens is 1. The van der Waals surface area contributed by atoms with Gasteiger partial charge in [0.2, 0.25) is 0 Å². The van der Waals surface area contributed by atoms with Crippen molar-refractivity contribution in [2.45, 2.75) is 19.4 Å². The third-order valence-corrected chi connectivity index (χ3v) is 8.05. The molecule has 186 valence electrons. The molecule has 0 spiro atoms. The summed E-state index contributed by atoms with van der Waals surface area (Å²) < 4.78 is 7.87. The summed E-state index contributed by atoms with van der Waals surface area (Å²) in [5.74, 6) is -0.0401. The van der Waals surface area contributed by atoms with Crippen LogP contribution < -0.4 is 10.3 Å². The average Bonchev–Trinajstić information content (AvgIpc) is 3.57. The van der Waals surface area contributed by atoms with E-state index in [9.17, 15) is 14.4 Å². The molecule has 8 heteroatoms. The van der Waals surface area contributed by atoms with Crippen LogP contribution in [0.5, 0.6) is 5.75 Å². The second-order valence-electron chi connectivity index (χ2n) is 9.14. The van der Waals surface area contributed by atoms with Crippen LogP contribution in [0.4, 0.5) is 0 Å². The Kier molecular flexibility index (Phi) is 6.89. The Hall–Kier alpha value is -3.49. The number of amides is 1. The van der Waals surface area contributed by atoms with E-state index in [4.69, 9.17) is 4.74 Å². The van der Waals surface area contributed by atoms with E-state index in [2.05, 4.69) is 4.90 Å². The van der Waals surface area contributed by atoms with Crippen LogP contribution in [0.25, 0.3) is 21.0 Å². The molecule has 0 radical (unpaired) electrons. The van der Waals surface area contributed by atoms with Crippen molar-refractivity contribution in [1.82, 2.24) is 14.4 Å². The highest BCUT2D eigenvalue weighted by molar-refractivity contribution is 7.22. The minimum atomic E-state index is -0.333. The first-order valence-electron chi connectivity index (χ1n) is 12.2. The lowest BCUT2D eigenvalue weighted by atomic mass is 10.1. The van der Waals surface area contributed by atoms with Gasteiger partial charge < -0.3 is 14.5 Å². The standard InChI is InChI=1S/C28H29N3O4S/c1-29(16-17-30-14-8-9-15-30)28(34)26-24(35-2)23-25(36-26)20-12-6-7-13-21(20)31(27(23)33)18-22(32)19-10-4-3-5-11-19/h3-7,10-13H,8-9,14-18H2,1-2H3. The zero-order chi connectivity index (χ0) is 25.2. The average molecular weight is 504 g/mol. The van der Waals surface area contributed by atoms with Gasteiger partial charge in [-0.2, -0.15) is 0 Å². The number of Topliss-reactive ketones (excluding diaryl/α,β-unsaturated/α-hetero) is 1. The van der Waals surface area contributed by atoms with Crippen LogP contribution in [0.15, 0.2) is 59.4 Å². The van der Waals surface area contributed by atoms with Gasteiger partial charge in [0.1, 0.15) is 10.3 Å². The number of carbonyl (C=O) groups is 2. The van der Waals surface area contributed by atoms with E-state index >= 15 is 0 Å². The summed E-state index contributed by atoms with van der Waals surface area (Å²) in [7, 11) is 3.27. The first-order chi connectivity index (χ1) is 17.5. The molecular weight excluding hydrogens is 474 g/mol. The van der Waals surface area contributed by atoms with Crippen molar-refractivity contribution in [1.29, 1.82) is 0 Å². The highest BCUT2D eigenvalue weighted by atomic mass is 32.1. The number of fused-ring (bicyclic) bond motifs is 3. The van der Waals surface area contributed by atoms with E-state index in [1.54, 1.807) is 36.2 Å². The minimum Gasteiger partial charge on any atom is -0.494 e. The number of rotatable bonds is 8. The molecule has 0 atom stereocenters. The van der Waals surface area contributed by atoms with Gasteiger partial charge in [-0.3, -0.25) is 19.0 Å². The van der Waals surface area contributed by atoms with E-state index in [-0.39, 0.29) is 29.5 Å². The van der Waals surface area contributed by atoms with Crippen molar-refractivity contribution in [3.63, 3.8) is 0 Å². The SMILES string of the molecule is COc1c(C(=O)N(C)CCN2CCCC2)sc2c1c(=O)n(CC(=O)c1ccccc1)c1ccccc21. The summed E-state index contributed by atoms with van der Waals surface area (Å²) in [6, 6.07) is 16.4. The summed E-state index contributed by atoms with van der Waals surface area (Å²) in [5.41, 5.74) is 0.866. The molecule has 5 rings (SSSR count). The maximum absolute atomic E-state index is 13.8. The van der Waals surface area contributed by atoms with E-state index in [1.807, 2.05) is 30.3 Å².